The maximum Gasteiger partial charge on any atom is 0.266 e. The van der Waals surface area contributed by atoms with E-state index in [4.69, 9.17) is 32.9 Å². The van der Waals surface area contributed by atoms with Crippen LogP contribution < -0.4 is 9.64 Å². The van der Waals surface area contributed by atoms with Gasteiger partial charge in [-0.2, -0.15) is 0 Å². The molecule has 0 spiro atoms. The van der Waals surface area contributed by atoms with E-state index >= 15 is 0 Å². The number of anilines is 1. The highest BCUT2D eigenvalue weighted by Gasteiger charge is 2.32. The Morgan fingerprint density at radius 2 is 1.79 bits per heavy atom. The Kier molecular flexibility index (Phi) is 9.23. The Labute approximate surface area is 252 Å². The third-order valence-electron chi connectivity index (χ3n) is 6.66. The van der Waals surface area contributed by atoms with E-state index in [0.29, 0.717) is 32.4 Å². The molecule has 0 unspecified atom stereocenters. The van der Waals surface area contributed by atoms with E-state index in [0.717, 1.165) is 34.4 Å². The lowest BCUT2D eigenvalue weighted by molar-refractivity contribution is -0.122. The fourth-order valence-corrected chi connectivity index (χ4v) is 6.46. The standard InChI is InChI=1S/C30H28BrCl2N3O2S/c1-2-36-29(37)28(39-30(36)34-24-9-11-25(12-10-24)35-14-4-3-5-15-35)17-21-16-22(31)7-13-27(21)38-19-20-6-8-23(32)18-26(20)33/h6-13,16-18H,2-5,14-15,19H2,1H3/b28-17-,34-30?. The minimum Gasteiger partial charge on any atom is -0.488 e. The van der Waals surface area contributed by atoms with Gasteiger partial charge in [-0.25, -0.2) is 4.99 Å². The summed E-state index contributed by atoms with van der Waals surface area (Å²) in [6, 6.07) is 19.3. The number of piperidine rings is 1. The first-order chi connectivity index (χ1) is 18.9. The van der Waals surface area contributed by atoms with Crippen molar-refractivity contribution in [1.82, 2.24) is 4.90 Å². The fourth-order valence-electron chi connectivity index (χ4n) is 4.57. The minimum atomic E-state index is -0.0714. The third kappa shape index (κ3) is 6.83. The number of aliphatic imine (C=N–C) groups is 1. The minimum absolute atomic E-state index is 0.0714. The van der Waals surface area contributed by atoms with E-state index in [1.54, 1.807) is 17.0 Å². The second-order valence-electron chi connectivity index (χ2n) is 9.33. The molecule has 0 bridgehead atoms. The van der Waals surface area contributed by atoms with Gasteiger partial charge in [-0.1, -0.05) is 45.2 Å². The van der Waals surface area contributed by atoms with Crippen LogP contribution in [0, 0.1) is 0 Å². The molecular formula is C30H28BrCl2N3O2S. The number of rotatable bonds is 7. The summed E-state index contributed by atoms with van der Waals surface area (Å²) < 4.78 is 7.01. The molecule has 9 heteroatoms. The van der Waals surface area contributed by atoms with Crippen LogP contribution in [0.1, 0.15) is 37.3 Å². The summed E-state index contributed by atoms with van der Waals surface area (Å²) in [5, 5.41) is 1.79. The van der Waals surface area contributed by atoms with Gasteiger partial charge in [-0.15, -0.1) is 0 Å². The lowest BCUT2D eigenvalue weighted by atomic mass is 10.1. The molecule has 2 aliphatic heterocycles. The molecule has 5 nitrogen and oxygen atoms in total. The van der Waals surface area contributed by atoms with Crippen molar-refractivity contribution in [3.05, 3.63) is 91.2 Å². The molecule has 3 aromatic rings. The Hall–Kier alpha value is -2.45. The zero-order valence-electron chi connectivity index (χ0n) is 21.5. The summed E-state index contributed by atoms with van der Waals surface area (Å²) in [5.74, 6) is 0.574. The topological polar surface area (TPSA) is 45.1 Å². The molecule has 2 fully saturated rings. The number of likely N-dealkylation sites (N-methyl/N-ethyl adjacent to an activating group) is 1. The highest BCUT2D eigenvalue weighted by atomic mass is 79.9. The Bertz CT molecular complexity index is 1420. The van der Waals surface area contributed by atoms with Gasteiger partial charge in [0.2, 0.25) is 0 Å². The Balaban J connectivity index is 1.36. The number of ether oxygens (including phenoxy) is 1. The van der Waals surface area contributed by atoms with E-state index in [1.807, 2.05) is 49.4 Å². The van der Waals surface area contributed by atoms with Gasteiger partial charge < -0.3 is 9.64 Å². The summed E-state index contributed by atoms with van der Waals surface area (Å²) >= 11 is 17.3. The molecule has 3 aromatic carbocycles. The largest absolute Gasteiger partial charge is 0.488 e. The molecule has 0 atom stereocenters. The lowest BCUT2D eigenvalue weighted by Gasteiger charge is -2.28. The fraction of sp³-hybridized carbons (Fsp3) is 0.267. The van der Waals surface area contributed by atoms with E-state index in [1.165, 1.54) is 36.7 Å². The van der Waals surface area contributed by atoms with Gasteiger partial charge in [0.05, 0.1) is 10.6 Å². The van der Waals surface area contributed by atoms with Crippen LogP contribution in [0.15, 0.2) is 75.0 Å². The SMILES string of the molecule is CCN1C(=O)/C(=C/c2cc(Br)ccc2OCc2ccc(Cl)cc2Cl)SC1=Nc1ccc(N2CCCCC2)cc1. The van der Waals surface area contributed by atoms with Gasteiger partial charge in [-0.3, -0.25) is 9.69 Å². The van der Waals surface area contributed by atoms with Gasteiger partial charge in [0.25, 0.3) is 5.91 Å². The van der Waals surface area contributed by atoms with Crippen molar-refractivity contribution >= 4 is 79.4 Å². The Morgan fingerprint density at radius 3 is 2.51 bits per heavy atom. The molecule has 0 aromatic heterocycles. The molecule has 1 amide bonds. The van der Waals surface area contributed by atoms with E-state index < -0.39 is 0 Å². The maximum absolute atomic E-state index is 13.3. The zero-order chi connectivity index (χ0) is 27.4. The first-order valence-electron chi connectivity index (χ1n) is 12.9. The second kappa shape index (κ2) is 12.8. The van der Waals surface area contributed by atoms with Crippen LogP contribution in [-0.4, -0.2) is 35.6 Å². The lowest BCUT2D eigenvalue weighted by Crippen LogP contribution is -2.29. The van der Waals surface area contributed by atoms with E-state index in [2.05, 4.69) is 33.0 Å². The number of carbonyl (C=O) groups excluding carboxylic acids is 1. The number of hydrogen-bond acceptors (Lipinski definition) is 5. The highest BCUT2D eigenvalue weighted by molar-refractivity contribution is 9.10. The molecule has 2 heterocycles. The van der Waals surface area contributed by atoms with Crippen LogP contribution in [-0.2, 0) is 11.4 Å². The van der Waals surface area contributed by atoms with Crippen LogP contribution in [0.25, 0.3) is 6.08 Å². The normalized spacial score (nSPS) is 17.9. The van der Waals surface area contributed by atoms with Crippen molar-refractivity contribution in [2.24, 2.45) is 4.99 Å². The molecule has 0 radical (unpaired) electrons. The smallest absolute Gasteiger partial charge is 0.266 e. The van der Waals surface area contributed by atoms with Crippen molar-refractivity contribution in [3.8, 4) is 5.75 Å². The van der Waals surface area contributed by atoms with E-state index in [-0.39, 0.29) is 12.5 Å². The van der Waals surface area contributed by atoms with Crippen LogP contribution in [0.5, 0.6) is 5.75 Å². The monoisotopic (exact) mass is 643 g/mol. The molecule has 2 aliphatic rings. The van der Waals surface area contributed by atoms with Gasteiger partial charge in [0.1, 0.15) is 12.4 Å². The third-order valence-corrected chi connectivity index (χ3v) is 8.74. The quantitative estimate of drug-likeness (QED) is 0.241. The molecule has 5 rings (SSSR count). The average Bonchev–Trinajstić information content (AvgIpc) is 3.23. The molecule has 0 aliphatic carbocycles. The highest BCUT2D eigenvalue weighted by Crippen LogP contribution is 2.37. The maximum atomic E-state index is 13.3. The van der Waals surface area contributed by atoms with E-state index in [9.17, 15) is 4.79 Å². The molecule has 0 saturated carbocycles. The van der Waals surface area contributed by atoms with Crippen molar-refractivity contribution in [3.63, 3.8) is 0 Å². The molecule has 0 N–H and O–H groups in total. The van der Waals surface area contributed by atoms with Crippen molar-refractivity contribution in [2.45, 2.75) is 32.8 Å². The zero-order valence-corrected chi connectivity index (χ0v) is 25.4. The van der Waals surface area contributed by atoms with Crippen molar-refractivity contribution in [1.29, 1.82) is 0 Å². The summed E-state index contributed by atoms with van der Waals surface area (Å²) in [4.78, 5) is 22.9. The summed E-state index contributed by atoms with van der Waals surface area (Å²) in [7, 11) is 0. The van der Waals surface area contributed by atoms with Gasteiger partial charge in [0, 0.05) is 51.0 Å². The van der Waals surface area contributed by atoms with Crippen LogP contribution in [0.2, 0.25) is 10.0 Å². The average molecular weight is 645 g/mol. The van der Waals surface area contributed by atoms with Crippen molar-refractivity contribution < 1.29 is 9.53 Å². The molecular weight excluding hydrogens is 617 g/mol. The van der Waals surface area contributed by atoms with Crippen LogP contribution in [0.4, 0.5) is 11.4 Å². The Morgan fingerprint density at radius 1 is 1.03 bits per heavy atom. The van der Waals surface area contributed by atoms with Gasteiger partial charge in [-0.05, 0) is 98.6 Å². The molecule has 2 saturated heterocycles. The first kappa shape index (κ1) is 28.1. The number of hydrogen-bond donors (Lipinski definition) is 0. The number of carbonyl (C=O) groups is 1. The number of nitrogens with zero attached hydrogens (tertiary/aromatic N) is 3. The van der Waals surface area contributed by atoms with Crippen LogP contribution in [0.3, 0.4) is 0 Å². The number of amidine groups is 1. The predicted molar refractivity (Wildman–Crippen MR) is 167 cm³/mol. The molecule has 202 valence electrons. The number of halogens is 3. The summed E-state index contributed by atoms with van der Waals surface area (Å²) in [6.45, 7) is 4.97. The molecule has 39 heavy (non-hydrogen) atoms. The number of benzene rings is 3. The number of amides is 1. The van der Waals surface area contributed by atoms with Crippen molar-refractivity contribution in [2.75, 3.05) is 24.5 Å². The summed E-state index contributed by atoms with van der Waals surface area (Å²) in [6.07, 6.45) is 5.65. The summed E-state index contributed by atoms with van der Waals surface area (Å²) in [5.41, 5.74) is 3.67. The first-order valence-corrected chi connectivity index (χ1v) is 15.3. The predicted octanol–water partition coefficient (Wildman–Crippen LogP) is 8.95. The second-order valence-corrected chi connectivity index (χ2v) is 12.1. The van der Waals surface area contributed by atoms with Crippen LogP contribution >= 0.6 is 50.9 Å². The van der Waals surface area contributed by atoms with Gasteiger partial charge >= 0.3 is 0 Å². The van der Waals surface area contributed by atoms with Gasteiger partial charge in [0.15, 0.2) is 5.17 Å². The number of thioether (sulfide) groups is 1.